The van der Waals surface area contributed by atoms with E-state index in [9.17, 15) is 4.79 Å². The summed E-state index contributed by atoms with van der Waals surface area (Å²) in [5, 5.41) is 0. The van der Waals surface area contributed by atoms with E-state index < -0.39 is 6.10 Å². The number of aromatic nitrogens is 1. The van der Waals surface area contributed by atoms with Gasteiger partial charge in [0.2, 0.25) is 0 Å². The Balaban J connectivity index is 1.57. The van der Waals surface area contributed by atoms with Crippen LogP contribution in [0, 0.1) is 6.92 Å². The number of esters is 1. The van der Waals surface area contributed by atoms with Crippen molar-refractivity contribution in [3.05, 3.63) is 78.0 Å². The monoisotopic (exact) mass is 421 g/mol. The Hall–Kier alpha value is -3.05. The quantitative estimate of drug-likeness (QED) is 0.407. The van der Waals surface area contributed by atoms with Crippen LogP contribution in [0.4, 0.5) is 0 Å². The van der Waals surface area contributed by atoms with Gasteiger partial charge < -0.3 is 18.8 Å². The number of hydrogen-bond donors (Lipinski definition) is 0. The predicted molar refractivity (Wildman–Crippen MR) is 122 cm³/mol. The Morgan fingerprint density at radius 1 is 0.935 bits per heavy atom. The van der Waals surface area contributed by atoms with Crippen LogP contribution in [0.25, 0.3) is 11.3 Å². The van der Waals surface area contributed by atoms with Crippen LogP contribution in [0.1, 0.15) is 25.1 Å². The molecule has 1 atom stereocenters. The molecule has 5 heteroatoms. The molecule has 2 aromatic carbocycles. The molecule has 0 spiro atoms. The summed E-state index contributed by atoms with van der Waals surface area (Å²) in [6, 6.07) is 22.5. The molecule has 3 aromatic rings. The second-order valence-electron chi connectivity index (χ2n) is 7.27. The van der Waals surface area contributed by atoms with Crippen LogP contribution in [0.3, 0.4) is 0 Å². The molecule has 0 aliphatic heterocycles. The first-order chi connectivity index (χ1) is 15.1. The zero-order chi connectivity index (χ0) is 22.1. The van der Waals surface area contributed by atoms with Crippen molar-refractivity contribution in [2.24, 2.45) is 0 Å². The summed E-state index contributed by atoms with van der Waals surface area (Å²) in [6.45, 7) is 7.93. The van der Waals surface area contributed by atoms with Crippen molar-refractivity contribution < 1.29 is 19.0 Å². The van der Waals surface area contributed by atoms with Gasteiger partial charge in [0.25, 0.3) is 0 Å². The lowest BCUT2D eigenvalue weighted by Crippen LogP contribution is -2.28. The normalized spacial score (nSPS) is 11.8. The number of nitrogens with zero attached hydrogens (tertiary/aromatic N) is 1. The number of carbonyl (C=O) groups is 1. The summed E-state index contributed by atoms with van der Waals surface area (Å²) >= 11 is 0. The van der Waals surface area contributed by atoms with Crippen LogP contribution >= 0.6 is 0 Å². The minimum atomic E-state index is -0.579. The van der Waals surface area contributed by atoms with Crippen LogP contribution in [0.2, 0.25) is 0 Å². The van der Waals surface area contributed by atoms with Gasteiger partial charge in [0.1, 0.15) is 12.4 Å². The highest BCUT2D eigenvalue weighted by atomic mass is 16.6. The van der Waals surface area contributed by atoms with E-state index in [0.717, 1.165) is 17.9 Å². The average molecular weight is 422 g/mol. The molecular weight excluding hydrogens is 390 g/mol. The topological polar surface area (TPSA) is 49.7 Å². The number of ether oxygens (including phenoxy) is 3. The summed E-state index contributed by atoms with van der Waals surface area (Å²) in [5.41, 5.74) is 4.61. The number of benzene rings is 2. The third-order valence-corrected chi connectivity index (χ3v) is 5.11. The Morgan fingerprint density at radius 2 is 1.68 bits per heavy atom. The second kappa shape index (κ2) is 11.4. The van der Waals surface area contributed by atoms with Gasteiger partial charge in [0.15, 0.2) is 6.10 Å². The van der Waals surface area contributed by atoms with E-state index >= 15 is 0 Å². The molecule has 0 N–H and O–H groups in total. The maximum absolute atomic E-state index is 12.0. The minimum Gasteiger partial charge on any atom is -0.492 e. The lowest BCUT2D eigenvalue weighted by atomic mass is 10.1. The summed E-state index contributed by atoms with van der Waals surface area (Å²) < 4.78 is 18.9. The molecule has 1 unspecified atom stereocenters. The smallest absolute Gasteiger partial charge is 0.335 e. The van der Waals surface area contributed by atoms with Crippen LogP contribution in [0.5, 0.6) is 5.75 Å². The molecule has 164 valence electrons. The van der Waals surface area contributed by atoms with E-state index in [1.807, 2.05) is 37.3 Å². The second-order valence-corrected chi connectivity index (χ2v) is 7.27. The molecule has 0 bridgehead atoms. The van der Waals surface area contributed by atoms with E-state index in [1.54, 1.807) is 6.92 Å². The molecular formula is C26H31NO4. The van der Waals surface area contributed by atoms with Gasteiger partial charge in [-0.15, -0.1) is 0 Å². The summed E-state index contributed by atoms with van der Waals surface area (Å²) in [5.74, 6) is 0.486. The standard InChI is InChI=1S/C26H31NO4/c1-4-29-25(26(28)30-5-2)19-21-12-14-23(15-13-21)31-18-17-27-20(3)11-16-24(27)22-9-7-6-8-10-22/h6-16,25H,4-5,17-19H2,1-3H3. The number of hydrogen-bond acceptors (Lipinski definition) is 4. The fourth-order valence-corrected chi connectivity index (χ4v) is 3.56. The van der Waals surface area contributed by atoms with Gasteiger partial charge in [-0.25, -0.2) is 4.79 Å². The molecule has 5 nitrogen and oxygen atoms in total. The highest BCUT2D eigenvalue weighted by molar-refractivity contribution is 5.75. The zero-order valence-corrected chi connectivity index (χ0v) is 18.5. The van der Waals surface area contributed by atoms with Crippen molar-refractivity contribution in [1.82, 2.24) is 4.57 Å². The molecule has 0 saturated heterocycles. The maximum Gasteiger partial charge on any atom is 0.335 e. The Morgan fingerprint density at radius 3 is 2.35 bits per heavy atom. The van der Waals surface area contributed by atoms with E-state index in [2.05, 4.69) is 47.9 Å². The molecule has 0 fully saturated rings. The molecule has 1 heterocycles. The van der Waals surface area contributed by atoms with E-state index in [0.29, 0.717) is 26.2 Å². The van der Waals surface area contributed by atoms with Gasteiger partial charge in [-0.05, 0) is 56.2 Å². The zero-order valence-electron chi connectivity index (χ0n) is 18.5. The van der Waals surface area contributed by atoms with E-state index in [4.69, 9.17) is 14.2 Å². The number of rotatable bonds is 11. The first kappa shape index (κ1) is 22.6. The van der Waals surface area contributed by atoms with Crippen molar-refractivity contribution in [3.63, 3.8) is 0 Å². The van der Waals surface area contributed by atoms with Crippen LogP contribution in [0.15, 0.2) is 66.7 Å². The number of carbonyl (C=O) groups excluding carboxylic acids is 1. The number of aryl methyl sites for hydroxylation is 1. The van der Waals surface area contributed by atoms with Crippen LogP contribution in [-0.2, 0) is 27.2 Å². The lowest BCUT2D eigenvalue weighted by molar-refractivity contribution is -0.156. The average Bonchev–Trinajstić information content (AvgIpc) is 3.16. The van der Waals surface area contributed by atoms with Gasteiger partial charge in [-0.3, -0.25) is 0 Å². The highest BCUT2D eigenvalue weighted by Crippen LogP contribution is 2.22. The Labute approximate surface area is 184 Å². The van der Waals surface area contributed by atoms with Crippen LogP contribution in [-0.4, -0.2) is 36.5 Å². The molecule has 0 aliphatic rings. The fourth-order valence-electron chi connectivity index (χ4n) is 3.56. The van der Waals surface area contributed by atoms with Crippen molar-refractivity contribution in [1.29, 1.82) is 0 Å². The molecule has 0 aliphatic carbocycles. The molecule has 0 radical (unpaired) electrons. The SMILES string of the molecule is CCOC(=O)C(Cc1ccc(OCCn2c(C)ccc2-c2ccccc2)cc1)OCC. The predicted octanol–water partition coefficient (Wildman–Crippen LogP) is 5.05. The molecule has 0 saturated carbocycles. The Bertz CT molecular complexity index is 947. The maximum atomic E-state index is 12.0. The van der Waals surface area contributed by atoms with Crippen molar-refractivity contribution >= 4 is 5.97 Å². The largest absolute Gasteiger partial charge is 0.492 e. The Kier molecular flexibility index (Phi) is 8.30. The summed E-state index contributed by atoms with van der Waals surface area (Å²) in [6.07, 6.45) is -0.0968. The van der Waals surface area contributed by atoms with E-state index in [-0.39, 0.29) is 5.97 Å². The molecule has 1 aromatic heterocycles. The van der Waals surface area contributed by atoms with Crippen molar-refractivity contribution in [3.8, 4) is 17.0 Å². The van der Waals surface area contributed by atoms with Gasteiger partial charge in [-0.2, -0.15) is 0 Å². The third-order valence-electron chi connectivity index (χ3n) is 5.11. The van der Waals surface area contributed by atoms with Gasteiger partial charge in [-0.1, -0.05) is 42.5 Å². The lowest BCUT2D eigenvalue weighted by Gasteiger charge is -2.16. The highest BCUT2D eigenvalue weighted by Gasteiger charge is 2.20. The minimum absolute atomic E-state index is 0.319. The molecule has 3 rings (SSSR count). The van der Waals surface area contributed by atoms with Gasteiger partial charge in [0, 0.05) is 24.4 Å². The van der Waals surface area contributed by atoms with Crippen molar-refractivity contribution in [2.75, 3.05) is 19.8 Å². The van der Waals surface area contributed by atoms with Crippen molar-refractivity contribution in [2.45, 2.75) is 39.8 Å². The third kappa shape index (κ3) is 6.22. The van der Waals surface area contributed by atoms with Gasteiger partial charge in [0.05, 0.1) is 13.2 Å². The first-order valence-electron chi connectivity index (χ1n) is 10.8. The fraction of sp³-hybridized carbons (Fsp3) is 0.346. The summed E-state index contributed by atoms with van der Waals surface area (Å²) in [7, 11) is 0. The first-order valence-corrected chi connectivity index (χ1v) is 10.8. The van der Waals surface area contributed by atoms with Crippen LogP contribution < -0.4 is 4.74 Å². The summed E-state index contributed by atoms with van der Waals surface area (Å²) in [4.78, 5) is 12.0. The van der Waals surface area contributed by atoms with Gasteiger partial charge >= 0.3 is 5.97 Å². The molecule has 0 amide bonds. The molecule has 31 heavy (non-hydrogen) atoms. The van der Waals surface area contributed by atoms with E-state index in [1.165, 1.54) is 17.0 Å².